The Morgan fingerprint density at radius 2 is 1.89 bits per heavy atom. The Morgan fingerprint density at radius 3 is 2.58 bits per heavy atom. The minimum atomic E-state index is -0.232. The summed E-state index contributed by atoms with van der Waals surface area (Å²) in [6.07, 6.45) is 6.16. The first-order chi connectivity index (χ1) is 9.13. The lowest BCUT2D eigenvalue weighted by Crippen LogP contribution is -2.34. The van der Waals surface area contributed by atoms with Gasteiger partial charge in [-0.05, 0) is 38.7 Å². The molecule has 0 bridgehead atoms. The van der Waals surface area contributed by atoms with E-state index in [-0.39, 0.29) is 18.0 Å². The predicted molar refractivity (Wildman–Crippen MR) is 74.3 cm³/mol. The number of para-hydroxylation sites is 1. The summed E-state index contributed by atoms with van der Waals surface area (Å²) >= 11 is 0. The van der Waals surface area contributed by atoms with Crippen LogP contribution in [0.25, 0.3) is 0 Å². The summed E-state index contributed by atoms with van der Waals surface area (Å²) in [6.45, 7) is 2.17. The van der Waals surface area contributed by atoms with Crippen molar-refractivity contribution in [2.24, 2.45) is 0 Å². The van der Waals surface area contributed by atoms with Crippen LogP contribution in [0.15, 0.2) is 24.3 Å². The molecule has 0 spiro atoms. The summed E-state index contributed by atoms with van der Waals surface area (Å²) < 4.78 is 10.9. The molecule has 1 fully saturated rings. The molecule has 0 radical (unpaired) electrons. The van der Waals surface area contributed by atoms with Crippen LogP contribution >= 0.6 is 0 Å². The number of benzene rings is 1. The van der Waals surface area contributed by atoms with E-state index in [9.17, 15) is 4.79 Å². The van der Waals surface area contributed by atoms with Gasteiger partial charge in [-0.3, -0.25) is 4.79 Å². The maximum Gasteiger partial charge on any atom is 0.310 e. The van der Waals surface area contributed by atoms with Crippen molar-refractivity contribution in [1.29, 1.82) is 0 Å². The van der Waals surface area contributed by atoms with E-state index in [1.54, 1.807) is 0 Å². The third kappa shape index (κ3) is 3.72. The maximum atomic E-state index is 11.4. The van der Waals surface area contributed by atoms with Gasteiger partial charge in [0.05, 0.1) is 13.5 Å². The van der Waals surface area contributed by atoms with E-state index in [1.807, 2.05) is 24.3 Å². The average Bonchev–Trinajstić information content (AvgIpc) is 2.41. The second kappa shape index (κ2) is 6.09. The van der Waals surface area contributed by atoms with Gasteiger partial charge < -0.3 is 9.47 Å². The van der Waals surface area contributed by atoms with Gasteiger partial charge in [-0.1, -0.05) is 24.6 Å². The molecule has 0 unspecified atom stereocenters. The van der Waals surface area contributed by atoms with E-state index in [2.05, 4.69) is 6.92 Å². The van der Waals surface area contributed by atoms with Crippen LogP contribution in [0.3, 0.4) is 0 Å². The van der Waals surface area contributed by atoms with Crippen LogP contribution in [0.5, 0.6) is 5.75 Å². The number of carbonyl (C=O) groups is 1. The monoisotopic (exact) mass is 262 g/mol. The quantitative estimate of drug-likeness (QED) is 0.779. The van der Waals surface area contributed by atoms with Gasteiger partial charge in [-0.2, -0.15) is 0 Å². The Hall–Kier alpha value is -1.51. The van der Waals surface area contributed by atoms with Crippen LogP contribution in [0, 0.1) is 0 Å². The summed E-state index contributed by atoms with van der Waals surface area (Å²) in [5.74, 6) is 0.585. The Labute approximate surface area is 114 Å². The smallest absolute Gasteiger partial charge is 0.310 e. The molecule has 0 heterocycles. The first-order valence-electron chi connectivity index (χ1n) is 6.97. The fourth-order valence-electron chi connectivity index (χ4n) is 2.64. The summed E-state index contributed by atoms with van der Waals surface area (Å²) in [5.41, 5.74) is 0.811. The molecule has 104 valence electrons. The zero-order valence-corrected chi connectivity index (χ0v) is 11.8. The first-order valence-corrected chi connectivity index (χ1v) is 6.97. The molecular weight excluding hydrogens is 240 g/mol. The fourth-order valence-corrected chi connectivity index (χ4v) is 2.64. The molecule has 1 saturated carbocycles. The molecule has 0 saturated heterocycles. The zero-order chi connectivity index (χ0) is 13.7. The molecule has 0 aliphatic heterocycles. The van der Waals surface area contributed by atoms with Crippen molar-refractivity contribution in [3.8, 4) is 5.75 Å². The zero-order valence-electron chi connectivity index (χ0n) is 11.8. The number of rotatable bonds is 4. The molecular formula is C16H22O3. The van der Waals surface area contributed by atoms with Crippen LogP contribution in [0.2, 0.25) is 0 Å². The molecule has 1 aliphatic carbocycles. The molecule has 3 heteroatoms. The van der Waals surface area contributed by atoms with Gasteiger partial charge in [0.15, 0.2) is 0 Å². The van der Waals surface area contributed by atoms with E-state index >= 15 is 0 Å². The van der Waals surface area contributed by atoms with Crippen LogP contribution in [0.4, 0.5) is 0 Å². The molecule has 1 aromatic carbocycles. The minimum Gasteiger partial charge on any atom is -0.487 e. The number of carbonyl (C=O) groups excluding carboxylic acids is 1. The topological polar surface area (TPSA) is 35.5 Å². The van der Waals surface area contributed by atoms with Crippen molar-refractivity contribution < 1.29 is 14.3 Å². The molecule has 0 aromatic heterocycles. The third-order valence-electron chi connectivity index (χ3n) is 3.80. The Balaban J connectivity index is 2.12. The number of hydrogen-bond acceptors (Lipinski definition) is 3. The molecule has 1 aromatic rings. The Bertz CT molecular complexity index is 433. The van der Waals surface area contributed by atoms with Gasteiger partial charge in [-0.15, -0.1) is 0 Å². The Morgan fingerprint density at radius 1 is 1.21 bits per heavy atom. The third-order valence-corrected chi connectivity index (χ3v) is 3.80. The number of ether oxygens (including phenoxy) is 2. The highest BCUT2D eigenvalue weighted by atomic mass is 16.5. The van der Waals surface area contributed by atoms with Gasteiger partial charge in [0.2, 0.25) is 0 Å². The second-order valence-corrected chi connectivity index (χ2v) is 5.47. The summed E-state index contributed by atoms with van der Waals surface area (Å²) in [5, 5.41) is 0. The van der Waals surface area contributed by atoms with E-state index in [0.717, 1.165) is 24.2 Å². The summed E-state index contributed by atoms with van der Waals surface area (Å²) in [7, 11) is 1.41. The number of hydrogen-bond donors (Lipinski definition) is 0. The van der Waals surface area contributed by atoms with Gasteiger partial charge in [0.1, 0.15) is 11.4 Å². The normalized spacial score (nSPS) is 17.8. The van der Waals surface area contributed by atoms with E-state index in [4.69, 9.17) is 9.47 Å². The maximum absolute atomic E-state index is 11.4. The van der Waals surface area contributed by atoms with E-state index in [0.29, 0.717) is 0 Å². The van der Waals surface area contributed by atoms with E-state index in [1.165, 1.54) is 26.4 Å². The lowest BCUT2D eigenvalue weighted by molar-refractivity contribution is -0.139. The summed E-state index contributed by atoms with van der Waals surface area (Å²) in [6, 6.07) is 7.74. The van der Waals surface area contributed by atoms with Gasteiger partial charge >= 0.3 is 5.97 Å². The van der Waals surface area contributed by atoms with E-state index < -0.39 is 0 Å². The fraction of sp³-hybridized carbons (Fsp3) is 0.562. The van der Waals surface area contributed by atoms with Crippen molar-refractivity contribution in [2.75, 3.05) is 7.11 Å². The highest BCUT2D eigenvalue weighted by molar-refractivity contribution is 5.73. The van der Waals surface area contributed by atoms with Crippen molar-refractivity contribution in [3.63, 3.8) is 0 Å². The summed E-state index contributed by atoms with van der Waals surface area (Å²) in [4.78, 5) is 11.4. The van der Waals surface area contributed by atoms with Gasteiger partial charge in [0.25, 0.3) is 0 Å². The van der Waals surface area contributed by atoms with Crippen molar-refractivity contribution in [1.82, 2.24) is 0 Å². The first kappa shape index (κ1) is 13.9. The number of methoxy groups -OCH3 is 1. The highest BCUT2D eigenvalue weighted by Crippen LogP contribution is 2.34. The second-order valence-electron chi connectivity index (χ2n) is 5.47. The predicted octanol–water partition coefficient (Wildman–Crippen LogP) is 3.50. The van der Waals surface area contributed by atoms with Crippen LogP contribution in [0.1, 0.15) is 44.6 Å². The van der Waals surface area contributed by atoms with Crippen LogP contribution in [-0.2, 0) is 16.0 Å². The minimum absolute atomic E-state index is 0.0928. The number of esters is 1. The van der Waals surface area contributed by atoms with Crippen molar-refractivity contribution >= 4 is 5.97 Å². The lowest BCUT2D eigenvalue weighted by atomic mass is 9.86. The molecule has 0 N–H and O–H groups in total. The van der Waals surface area contributed by atoms with Crippen molar-refractivity contribution in [3.05, 3.63) is 29.8 Å². The molecule has 0 atom stereocenters. The largest absolute Gasteiger partial charge is 0.487 e. The molecule has 3 nitrogen and oxygen atoms in total. The van der Waals surface area contributed by atoms with Gasteiger partial charge in [-0.25, -0.2) is 0 Å². The molecule has 1 aliphatic rings. The SMILES string of the molecule is COC(=O)Cc1ccccc1OC1(C)CCCCC1. The van der Waals surface area contributed by atoms with Crippen LogP contribution < -0.4 is 4.74 Å². The average molecular weight is 262 g/mol. The highest BCUT2D eigenvalue weighted by Gasteiger charge is 2.29. The molecule has 2 rings (SSSR count). The van der Waals surface area contributed by atoms with Gasteiger partial charge in [0, 0.05) is 5.56 Å². The van der Waals surface area contributed by atoms with Crippen LogP contribution in [-0.4, -0.2) is 18.7 Å². The van der Waals surface area contributed by atoms with Crippen molar-refractivity contribution in [2.45, 2.75) is 51.0 Å². The molecule has 0 amide bonds. The standard InChI is InChI=1S/C16H22O3/c1-16(10-6-3-7-11-16)19-14-9-5-4-8-13(14)12-15(17)18-2/h4-5,8-9H,3,6-7,10-12H2,1-2H3. The molecule has 19 heavy (non-hydrogen) atoms. The Kier molecular flexibility index (Phi) is 4.46. The lowest BCUT2D eigenvalue weighted by Gasteiger charge is -2.35.